The van der Waals surface area contributed by atoms with E-state index in [-0.39, 0.29) is 5.91 Å². The Labute approximate surface area is 117 Å². The molecule has 1 amide bonds. The van der Waals surface area contributed by atoms with Gasteiger partial charge in [-0.05, 0) is 35.9 Å². The van der Waals surface area contributed by atoms with Gasteiger partial charge in [-0.1, -0.05) is 30.3 Å². The number of rotatable bonds is 5. The van der Waals surface area contributed by atoms with E-state index in [1.807, 2.05) is 42.6 Å². The predicted molar refractivity (Wildman–Crippen MR) is 79.0 cm³/mol. The second-order valence-electron chi connectivity index (χ2n) is 4.54. The first kappa shape index (κ1) is 13.8. The zero-order valence-electron chi connectivity index (χ0n) is 10.9. The van der Waals surface area contributed by atoms with Crippen LogP contribution in [-0.4, -0.2) is 11.9 Å². The van der Waals surface area contributed by atoms with Crippen molar-refractivity contribution in [2.75, 3.05) is 0 Å². The largest absolute Gasteiger partial charge is 0.350 e. The molecule has 100 valence electrons. The summed E-state index contributed by atoms with van der Waals surface area (Å²) < 4.78 is 0. The molecule has 0 spiro atoms. The molecule has 1 unspecified atom stereocenters. The Morgan fingerprint density at radius 1 is 1.32 bits per heavy atom. The number of thiophene rings is 1. The average molecular weight is 274 g/mol. The van der Waals surface area contributed by atoms with Crippen LogP contribution in [0.4, 0.5) is 0 Å². The molecule has 1 atom stereocenters. The maximum Gasteiger partial charge on any atom is 0.237 e. The third-order valence-corrected chi connectivity index (χ3v) is 4.05. The molecular weight excluding hydrogens is 256 g/mol. The fourth-order valence-electron chi connectivity index (χ4n) is 1.84. The van der Waals surface area contributed by atoms with E-state index >= 15 is 0 Å². The van der Waals surface area contributed by atoms with Crippen molar-refractivity contribution in [3.63, 3.8) is 0 Å². The van der Waals surface area contributed by atoms with Crippen molar-refractivity contribution >= 4 is 17.2 Å². The number of nitrogens with one attached hydrogen (secondary N) is 1. The Kier molecular flexibility index (Phi) is 4.71. The third-order valence-electron chi connectivity index (χ3n) is 3.03. The Balaban J connectivity index is 1.84. The summed E-state index contributed by atoms with van der Waals surface area (Å²) in [4.78, 5) is 13.1. The van der Waals surface area contributed by atoms with E-state index in [1.54, 1.807) is 11.3 Å². The molecule has 4 heteroatoms. The van der Waals surface area contributed by atoms with Gasteiger partial charge in [0, 0.05) is 4.88 Å². The molecule has 1 aromatic carbocycles. The lowest BCUT2D eigenvalue weighted by Crippen LogP contribution is -2.41. The van der Waals surface area contributed by atoms with Gasteiger partial charge in [0.05, 0.1) is 12.6 Å². The molecule has 2 rings (SSSR count). The summed E-state index contributed by atoms with van der Waals surface area (Å²) in [5, 5.41) is 4.92. The van der Waals surface area contributed by atoms with Crippen molar-refractivity contribution in [1.29, 1.82) is 0 Å². The fraction of sp³-hybridized carbons (Fsp3) is 0.267. The number of hydrogen-bond donors (Lipinski definition) is 2. The van der Waals surface area contributed by atoms with Crippen LogP contribution in [0.3, 0.4) is 0 Å². The van der Waals surface area contributed by atoms with Gasteiger partial charge in [0.1, 0.15) is 0 Å². The standard InChI is InChI=1S/C15H18N2OS/c1-11-7-8-19-14(11)10-17-15(18)13(16)9-12-5-3-2-4-6-12/h2-8,13H,9-10,16H2,1H3,(H,17,18). The first-order chi connectivity index (χ1) is 9.16. The number of carbonyl (C=O) groups excluding carboxylic acids is 1. The predicted octanol–water partition coefficient (Wildman–Crippen LogP) is 2.24. The van der Waals surface area contributed by atoms with Gasteiger partial charge in [0.2, 0.25) is 5.91 Å². The molecule has 0 aliphatic carbocycles. The summed E-state index contributed by atoms with van der Waals surface area (Å²) in [5.74, 6) is -0.100. The average Bonchev–Trinajstić information content (AvgIpc) is 2.82. The van der Waals surface area contributed by atoms with Crippen LogP contribution in [0.1, 0.15) is 16.0 Å². The lowest BCUT2D eigenvalue weighted by molar-refractivity contribution is -0.122. The molecule has 0 fully saturated rings. The molecule has 0 bridgehead atoms. The van der Waals surface area contributed by atoms with Crippen LogP contribution in [0.5, 0.6) is 0 Å². The Morgan fingerprint density at radius 2 is 2.05 bits per heavy atom. The van der Waals surface area contributed by atoms with Gasteiger partial charge in [-0.3, -0.25) is 4.79 Å². The number of nitrogens with two attached hydrogens (primary N) is 1. The minimum atomic E-state index is -0.498. The van der Waals surface area contributed by atoms with Crippen LogP contribution < -0.4 is 11.1 Å². The van der Waals surface area contributed by atoms with Crippen LogP contribution in [0.25, 0.3) is 0 Å². The van der Waals surface area contributed by atoms with E-state index in [9.17, 15) is 4.79 Å². The number of hydrogen-bond acceptors (Lipinski definition) is 3. The molecule has 0 radical (unpaired) electrons. The van der Waals surface area contributed by atoms with Gasteiger partial charge in [-0.25, -0.2) is 0 Å². The monoisotopic (exact) mass is 274 g/mol. The highest BCUT2D eigenvalue weighted by Crippen LogP contribution is 2.14. The second kappa shape index (κ2) is 6.50. The molecular formula is C15H18N2OS. The van der Waals surface area contributed by atoms with Crippen molar-refractivity contribution in [3.8, 4) is 0 Å². The lowest BCUT2D eigenvalue weighted by Gasteiger charge is -2.12. The van der Waals surface area contributed by atoms with Crippen molar-refractivity contribution in [3.05, 3.63) is 57.8 Å². The van der Waals surface area contributed by atoms with E-state index < -0.39 is 6.04 Å². The molecule has 2 aromatic rings. The van der Waals surface area contributed by atoms with E-state index in [0.717, 1.165) is 5.56 Å². The van der Waals surface area contributed by atoms with E-state index in [1.165, 1.54) is 10.4 Å². The molecule has 1 aromatic heterocycles. The molecule has 1 heterocycles. The molecule has 3 N–H and O–H groups in total. The Bertz CT molecular complexity index is 536. The van der Waals surface area contributed by atoms with Crippen molar-refractivity contribution in [1.82, 2.24) is 5.32 Å². The summed E-state index contributed by atoms with van der Waals surface area (Å²) in [6, 6.07) is 11.4. The highest BCUT2D eigenvalue weighted by molar-refractivity contribution is 7.10. The number of carbonyl (C=O) groups is 1. The Morgan fingerprint density at radius 3 is 2.68 bits per heavy atom. The molecule has 0 saturated heterocycles. The second-order valence-corrected chi connectivity index (χ2v) is 5.54. The van der Waals surface area contributed by atoms with Crippen LogP contribution in [-0.2, 0) is 17.8 Å². The lowest BCUT2D eigenvalue weighted by atomic mass is 10.1. The van der Waals surface area contributed by atoms with E-state index in [2.05, 4.69) is 11.4 Å². The molecule has 0 aliphatic heterocycles. The highest BCUT2D eigenvalue weighted by atomic mass is 32.1. The smallest absolute Gasteiger partial charge is 0.237 e. The van der Waals surface area contributed by atoms with Gasteiger partial charge in [-0.15, -0.1) is 11.3 Å². The summed E-state index contributed by atoms with van der Waals surface area (Å²) in [6.45, 7) is 2.60. The van der Waals surface area contributed by atoms with Gasteiger partial charge >= 0.3 is 0 Å². The summed E-state index contributed by atoms with van der Waals surface area (Å²) in [5.41, 5.74) is 8.21. The highest BCUT2D eigenvalue weighted by Gasteiger charge is 2.14. The summed E-state index contributed by atoms with van der Waals surface area (Å²) in [7, 11) is 0. The molecule has 0 aliphatic rings. The van der Waals surface area contributed by atoms with E-state index in [0.29, 0.717) is 13.0 Å². The van der Waals surface area contributed by atoms with Crippen LogP contribution in [0.2, 0.25) is 0 Å². The molecule has 0 saturated carbocycles. The third kappa shape index (κ3) is 3.91. The minimum Gasteiger partial charge on any atom is -0.350 e. The number of benzene rings is 1. The van der Waals surface area contributed by atoms with Crippen molar-refractivity contribution in [2.24, 2.45) is 5.73 Å². The number of aryl methyl sites for hydroxylation is 1. The summed E-state index contributed by atoms with van der Waals surface area (Å²) in [6.07, 6.45) is 0.566. The molecule has 3 nitrogen and oxygen atoms in total. The number of amides is 1. The Hall–Kier alpha value is -1.65. The van der Waals surface area contributed by atoms with Gasteiger partial charge < -0.3 is 11.1 Å². The van der Waals surface area contributed by atoms with Crippen molar-refractivity contribution in [2.45, 2.75) is 25.9 Å². The first-order valence-electron chi connectivity index (χ1n) is 6.27. The first-order valence-corrected chi connectivity index (χ1v) is 7.15. The van der Waals surface area contributed by atoms with Crippen LogP contribution in [0, 0.1) is 6.92 Å². The topological polar surface area (TPSA) is 55.1 Å². The maximum atomic E-state index is 11.9. The minimum absolute atomic E-state index is 0.100. The molecule has 19 heavy (non-hydrogen) atoms. The SMILES string of the molecule is Cc1ccsc1CNC(=O)C(N)Cc1ccccc1. The van der Waals surface area contributed by atoms with Crippen LogP contribution in [0.15, 0.2) is 41.8 Å². The zero-order valence-corrected chi connectivity index (χ0v) is 11.7. The quantitative estimate of drug-likeness (QED) is 0.878. The normalized spacial score (nSPS) is 12.1. The fourth-order valence-corrected chi connectivity index (χ4v) is 2.69. The van der Waals surface area contributed by atoms with Gasteiger partial charge in [-0.2, -0.15) is 0 Å². The summed E-state index contributed by atoms with van der Waals surface area (Å²) >= 11 is 1.65. The van der Waals surface area contributed by atoms with Gasteiger partial charge in [0.15, 0.2) is 0 Å². The van der Waals surface area contributed by atoms with E-state index in [4.69, 9.17) is 5.73 Å². The van der Waals surface area contributed by atoms with Gasteiger partial charge in [0.25, 0.3) is 0 Å². The maximum absolute atomic E-state index is 11.9. The van der Waals surface area contributed by atoms with Crippen molar-refractivity contribution < 1.29 is 4.79 Å². The van der Waals surface area contributed by atoms with Crippen LogP contribution >= 0.6 is 11.3 Å². The zero-order chi connectivity index (χ0) is 13.7.